The van der Waals surface area contributed by atoms with Crippen molar-refractivity contribution in [2.24, 2.45) is 0 Å². The van der Waals surface area contributed by atoms with Gasteiger partial charge in [-0.25, -0.2) is 21.6 Å². The largest absolute Gasteiger partial charge is 0.421 e. The molecule has 4 rings (SSSR count). The maximum atomic E-state index is 13.4. The number of alkyl halides is 3. The second-order valence-electron chi connectivity index (χ2n) is 9.34. The predicted octanol–water partition coefficient (Wildman–Crippen LogP) is 3.00. The minimum absolute atomic E-state index is 0.000194. The summed E-state index contributed by atoms with van der Waals surface area (Å²) in [6.45, 7) is 0.456. The van der Waals surface area contributed by atoms with Gasteiger partial charge in [-0.3, -0.25) is 4.98 Å². The Labute approximate surface area is 236 Å². The number of benzene rings is 2. The number of hydrogen-bond acceptors (Lipinski definition) is 8. The summed E-state index contributed by atoms with van der Waals surface area (Å²) in [4.78, 5) is 5.71. The molecule has 2 atom stereocenters. The van der Waals surface area contributed by atoms with Crippen molar-refractivity contribution in [3.8, 4) is 0 Å². The van der Waals surface area contributed by atoms with Gasteiger partial charge in [-0.05, 0) is 48.9 Å². The standard InChI is InChI=1S/C25H27F3N4O5S3/c1-24(33,25(26,27)28)18-8-10-19(11-9-18)32-14-13-31(40(36,37)23-7-3-2-6-22(23)38)17-20(32)15-30-39(34,35)21-5-4-12-29-16-21/h2-12,16,20,30,33,38H,13-15,17H2,1H3/t20-,24-/m0/s1. The van der Waals surface area contributed by atoms with Crippen LogP contribution < -0.4 is 9.62 Å². The Bertz CT molecular complexity index is 1550. The highest BCUT2D eigenvalue weighted by molar-refractivity contribution is 7.90. The minimum atomic E-state index is -4.90. The molecule has 1 aliphatic heterocycles. The van der Waals surface area contributed by atoms with E-state index < -0.39 is 37.9 Å². The number of piperazine rings is 1. The molecule has 216 valence electrons. The van der Waals surface area contributed by atoms with Crippen molar-refractivity contribution in [3.05, 3.63) is 78.6 Å². The van der Waals surface area contributed by atoms with Crippen molar-refractivity contribution >= 4 is 38.4 Å². The van der Waals surface area contributed by atoms with Crippen molar-refractivity contribution in [1.29, 1.82) is 0 Å². The lowest BCUT2D eigenvalue weighted by atomic mass is 9.95. The van der Waals surface area contributed by atoms with Gasteiger partial charge in [-0.2, -0.15) is 17.5 Å². The normalized spacial score (nSPS) is 18.9. The average Bonchev–Trinajstić information content (AvgIpc) is 2.92. The molecule has 2 N–H and O–H groups in total. The first-order valence-electron chi connectivity index (χ1n) is 12.0. The van der Waals surface area contributed by atoms with Crippen LogP contribution in [-0.2, 0) is 25.6 Å². The smallest absolute Gasteiger partial charge is 0.376 e. The van der Waals surface area contributed by atoms with E-state index in [0.717, 1.165) is 12.1 Å². The second kappa shape index (κ2) is 11.3. The predicted molar refractivity (Wildman–Crippen MR) is 145 cm³/mol. The number of sulfonamides is 2. The first-order chi connectivity index (χ1) is 18.6. The molecule has 1 aromatic heterocycles. The summed E-state index contributed by atoms with van der Waals surface area (Å²) in [6, 6.07) is 13.3. The Morgan fingerprint density at radius 2 is 1.70 bits per heavy atom. The molecule has 0 unspecified atom stereocenters. The van der Waals surface area contributed by atoms with E-state index in [9.17, 15) is 35.1 Å². The van der Waals surface area contributed by atoms with Crippen LogP contribution in [0.3, 0.4) is 0 Å². The lowest BCUT2D eigenvalue weighted by Gasteiger charge is -2.42. The summed E-state index contributed by atoms with van der Waals surface area (Å²) in [5.41, 5.74) is -3.01. The highest BCUT2D eigenvalue weighted by Crippen LogP contribution is 2.39. The fourth-order valence-electron chi connectivity index (χ4n) is 4.31. The summed E-state index contributed by atoms with van der Waals surface area (Å²) in [5, 5.41) is 10.0. The third-order valence-electron chi connectivity index (χ3n) is 6.70. The molecule has 40 heavy (non-hydrogen) atoms. The molecule has 2 aromatic carbocycles. The Balaban J connectivity index is 1.64. The van der Waals surface area contributed by atoms with E-state index in [1.165, 1.54) is 47.0 Å². The van der Waals surface area contributed by atoms with Crippen LogP contribution in [0.15, 0.2) is 87.7 Å². The van der Waals surface area contributed by atoms with Crippen molar-refractivity contribution in [1.82, 2.24) is 14.0 Å². The van der Waals surface area contributed by atoms with Crippen LogP contribution in [0.4, 0.5) is 18.9 Å². The van der Waals surface area contributed by atoms with Gasteiger partial charge in [-0.1, -0.05) is 24.3 Å². The zero-order valence-corrected chi connectivity index (χ0v) is 23.7. The van der Waals surface area contributed by atoms with Crippen molar-refractivity contribution in [3.63, 3.8) is 0 Å². The fraction of sp³-hybridized carbons (Fsp3) is 0.320. The third kappa shape index (κ3) is 6.14. The highest BCUT2D eigenvalue weighted by atomic mass is 32.2. The van der Waals surface area contributed by atoms with Gasteiger partial charge >= 0.3 is 6.18 Å². The average molecular weight is 617 g/mol. The van der Waals surface area contributed by atoms with Gasteiger partial charge in [0.15, 0.2) is 5.60 Å². The van der Waals surface area contributed by atoms with E-state index in [0.29, 0.717) is 12.6 Å². The van der Waals surface area contributed by atoms with Crippen LogP contribution in [0.25, 0.3) is 0 Å². The molecular weight excluding hydrogens is 589 g/mol. The molecular formula is C25H27F3N4O5S3. The Kier molecular flexibility index (Phi) is 8.55. The molecule has 2 heterocycles. The molecule has 9 nitrogen and oxygen atoms in total. The molecule has 1 aliphatic rings. The first-order valence-corrected chi connectivity index (χ1v) is 15.4. The molecule has 1 fully saturated rings. The molecule has 15 heteroatoms. The zero-order valence-electron chi connectivity index (χ0n) is 21.2. The number of pyridine rings is 1. The fourth-order valence-corrected chi connectivity index (χ4v) is 7.40. The van der Waals surface area contributed by atoms with Gasteiger partial charge < -0.3 is 10.0 Å². The van der Waals surface area contributed by atoms with Crippen molar-refractivity contribution in [2.75, 3.05) is 31.1 Å². The van der Waals surface area contributed by atoms with Gasteiger partial charge in [0, 0.05) is 49.2 Å². The Morgan fingerprint density at radius 1 is 1.02 bits per heavy atom. The van der Waals surface area contributed by atoms with E-state index in [1.807, 2.05) is 0 Å². The lowest BCUT2D eigenvalue weighted by Crippen LogP contribution is -2.58. The quantitative estimate of drug-likeness (QED) is 0.333. The highest BCUT2D eigenvalue weighted by Gasteiger charge is 2.51. The second-order valence-corrected chi connectivity index (χ2v) is 13.5. The molecule has 1 saturated heterocycles. The zero-order chi connectivity index (χ0) is 29.3. The van der Waals surface area contributed by atoms with Crippen LogP contribution in [0.5, 0.6) is 0 Å². The summed E-state index contributed by atoms with van der Waals surface area (Å²) >= 11 is 4.27. The number of thiol groups is 1. The summed E-state index contributed by atoms with van der Waals surface area (Å²) in [6.07, 6.45) is -2.30. The maximum absolute atomic E-state index is 13.4. The number of anilines is 1. The Hall–Kier alpha value is -2.69. The maximum Gasteiger partial charge on any atom is 0.421 e. The van der Waals surface area contributed by atoms with Crippen LogP contribution in [0.1, 0.15) is 12.5 Å². The molecule has 0 amide bonds. The number of rotatable bonds is 8. The third-order valence-corrected chi connectivity index (χ3v) is 10.6. The molecule has 0 radical (unpaired) electrons. The van der Waals surface area contributed by atoms with E-state index in [-0.39, 0.29) is 46.4 Å². The number of halogens is 3. The molecule has 0 bridgehead atoms. The minimum Gasteiger partial charge on any atom is -0.376 e. The monoisotopic (exact) mass is 616 g/mol. The number of nitrogens with one attached hydrogen (secondary N) is 1. The SMILES string of the molecule is C[C@](O)(c1ccc(N2CCN(S(=O)(=O)c3ccccc3S)C[C@@H]2CNS(=O)(=O)c2cccnc2)cc1)C(F)(F)F. The topological polar surface area (TPSA) is 120 Å². The number of aliphatic hydroxyl groups is 1. The van der Waals surface area contributed by atoms with Crippen LogP contribution in [0, 0.1) is 0 Å². The molecule has 3 aromatic rings. The summed E-state index contributed by atoms with van der Waals surface area (Å²) < 4.78 is 96.3. The lowest BCUT2D eigenvalue weighted by molar-refractivity contribution is -0.258. The van der Waals surface area contributed by atoms with Crippen molar-refractivity contribution < 1.29 is 35.1 Å². The Morgan fingerprint density at radius 3 is 2.30 bits per heavy atom. The van der Waals surface area contributed by atoms with Crippen LogP contribution in [-0.4, -0.2) is 69.6 Å². The van der Waals surface area contributed by atoms with Crippen LogP contribution >= 0.6 is 12.6 Å². The molecule has 0 aliphatic carbocycles. The van der Waals surface area contributed by atoms with E-state index in [1.54, 1.807) is 23.1 Å². The van der Waals surface area contributed by atoms with Crippen LogP contribution in [0.2, 0.25) is 0 Å². The van der Waals surface area contributed by atoms with Gasteiger partial charge in [0.25, 0.3) is 0 Å². The van der Waals surface area contributed by atoms with Crippen molar-refractivity contribution in [2.45, 2.75) is 39.4 Å². The first kappa shape index (κ1) is 30.3. The summed E-state index contributed by atoms with van der Waals surface area (Å²) in [7, 11) is -7.99. The molecule has 0 spiro atoms. The van der Waals surface area contributed by atoms with E-state index >= 15 is 0 Å². The van der Waals surface area contributed by atoms with Gasteiger partial charge in [0.05, 0.1) is 10.9 Å². The number of nitrogens with zero attached hydrogens (tertiary/aromatic N) is 3. The van der Waals surface area contributed by atoms with Gasteiger partial charge in [0.2, 0.25) is 20.0 Å². The number of hydrogen-bond donors (Lipinski definition) is 3. The van der Waals surface area contributed by atoms with Gasteiger partial charge in [0.1, 0.15) is 4.90 Å². The van der Waals surface area contributed by atoms with E-state index in [2.05, 4.69) is 22.3 Å². The van der Waals surface area contributed by atoms with Gasteiger partial charge in [-0.15, -0.1) is 12.6 Å². The van der Waals surface area contributed by atoms with E-state index in [4.69, 9.17) is 0 Å². The summed E-state index contributed by atoms with van der Waals surface area (Å²) in [5.74, 6) is 0. The number of aromatic nitrogens is 1. The molecule has 0 saturated carbocycles.